The van der Waals surface area contributed by atoms with Gasteiger partial charge in [0.2, 0.25) is 5.91 Å². The van der Waals surface area contributed by atoms with Gasteiger partial charge in [-0.2, -0.15) is 0 Å². The Hall–Kier alpha value is -1.49. The second kappa shape index (κ2) is 4.79. The fourth-order valence-electron chi connectivity index (χ4n) is 2.07. The number of carbonyl (C=O) groups is 2. The van der Waals surface area contributed by atoms with E-state index in [-0.39, 0.29) is 5.92 Å². The fourth-order valence-corrected chi connectivity index (χ4v) is 2.47. The third-order valence-corrected chi connectivity index (χ3v) is 3.73. The maximum absolute atomic E-state index is 11.4. The first-order valence-electron chi connectivity index (χ1n) is 5.28. The molecule has 17 heavy (non-hydrogen) atoms. The smallest absolute Gasteiger partial charge is 0.316 e. The summed E-state index contributed by atoms with van der Waals surface area (Å²) in [5.74, 6) is -2.68. The standard InChI is InChI=1S/C12H13NO3S/c1-17-8-4-2-7(3-5-8)9-6-13-11(14)10(9)12(15)16/h2-5,9-10H,6H2,1H3,(H,13,14)(H,15,16)/t9-,10-/m0/s1. The summed E-state index contributed by atoms with van der Waals surface area (Å²) in [6.07, 6.45) is 1.98. The first-order chi connectivity index (χ1) is 8.13. The van der Waals surface area contributed by atoms with Crippen molar-refractivity contribution < 1.29 is 14.7 Å². The molecule has 90 valence electrons. The van der Waals surface area contributed by atoms with Crippen LogP contribution in [0.3, 0.4) is 0 Å². The van der Waals surface area contributed by atoms with Gasteiger partial charge in [-0.1, -0.05) is 12.1 Å². The van der Waals surface area contributed by atoms with Crippen molar-refractivity contribution in [1.82, 2.24) is 5.32 Å². The van der Waals surface area contributed by atoms with Crippen LogP contribution in [0.25, 0.3) is 0 Å². The number of amides is 1. The maximum atomic E-state index is 11.4. The molecule has 0 radical (unpaired) electrons. The number of thioether (sulfide) groups is 1. The lowest BCUT2D eigenvalue weighted by Gasteiger charge is -2.13. The highest BCUT2D eigenvalue weighted by molar-refractivity contribution is 7.98. The van der Waals surface area contributed by atoms with Gasteiger partial charge in [0.25, 0.3) is 0 Å². The van der Waals surface area contributed by atoms with Crippen molar-refractivity contribution in [3.8, 4) is 0 Å². The molecule has 0 bridgehead atoms. The molecular weight excluding hydrogens is 238 g/mol. The van der Waals surface area contributed by atoms with Gasteiger partial charge in [-0.05, 0) is 24.0 Å². The van der Waals surface area contributed by atoms with Gasteiger partial charge < -0.3 is 10.4 Å². The molecule has 2 atom stereocenters. The topological polar surface area (TPSA) is 66.4 Å². The van der Waals surface area contributed by atoms with Crippen LogP contribution in [0.4, 0.5) is 0 Å². The van der Waals surface area contributed by atoms with Crippen LogP contribution in [0.5, 0.6) is 0 Å². The molecule has 2 N–H and O–H groups in total. The number of nitrogens with one attached hydrogen (secondary N) is 1. The molecule has 1 aromatic rings. The number of rotatable bonds is 3. The first-order valence-corrected chi connectivity index (χ1v) is 6.50. The molecule has 0 unspecified atom stereocenters. The van der Waals surface area contributed by atoms with Gasteiger partial charge in [0, 0.05) is 17.4 Å². The number of hydrogen-bond acceptors (Lipinski definition) is 3. The zero-order valence-electron chi connectivity index (χ0n) is 9.34. The van der Waals surface area contributed by atoms with Gasteiger partial charge in [-0.15, -0.1) is 11.8 Å². The highest BCUT2D eigenvalue weighted by atomic mass is 32.2. The van der Waals surface area contributed by atoms with Crippen molar-refractivity contribution in [2.75, 3.05) is 12.8 Å². The van der Waals surface area contributed by atoms with Gasteiger partial charge in [-0.25, -0.2) is 0 Å². The average Bonchev–Trinajstić information content (AvgIpc) is 2.71. The molecule has 1 aliphatic rings. The van der Waals surface area contributed by atoms with Crippen molar-refractivity contribution >= 4 is 23.6 Å². The Bertz CT molecular complexity index is 444. The van der Waals surface area contributed by atoms with E-state index >= 15 is 0 Å². The number of carbonyl (C=O) groups excluding carboxylic acids is 1. The summed E-state index contributed by atoms with van der Waals surface area (Å²) < 4.78 is 0. The predicted octanol–water partition coefficient (Wildman–Crippen LogP) is 1.32. The van der Waals surface area contributed by atoms with Crippen LogP contribution < -0.4 is 5.32 Å². The molecule has 0 aromatic heterocycles. The zero-order valence-corrected chi connectivity index (χ0v) is 10.2. The summed E-state index contributed by atoms with van der Waals surface area (Å²) in [5.41, 5.74) is 0.897. The SMILES string of the molecule is CSc1ccc([C@@H]2CNC(=O)[C@H]2C(=O)O)cc1. The molecule has 0 saturated carbocycles. The highest BCUT2D eigenvalue weighted by Crippen LogP contribution is 2.30. The number of benzene rings is 1. The lowest BCUT2D eigenvalue weighted by Crippen LogP contribution is -2.26. The fraction of sp³-hybridized carbons (Fsp3) is 0.333. The van der Waals surface area contributed by atoms with E-state index in [1.807, 2.05) is 30.5 Å². The van der Waals surface area contributed by atoms with E-state index in [1.54, 1.807) is 11.8 Å². The molecule has 1 aromatic carbocycles. The van der Waals surface area contributed by atoms with Gasteiger partial charge in [0.05, 0.1) is 0 Å². The lowest BCUT2D eigenvalue weighted by atomic mass is 9.89. The van der Waals surface area contributed by atoms with Gasteiger partial charge >= 0.3 is 5.97 Å². The quantitative estimate of drug-likeness (QED) is 0.628. The Labute approximate surface area is 103 Å². The van der Waals surface area contributed by atoms with Crippen LogP contribution in [0.2, 0.25) is 0 Å². The first kappa shape index (κ1) is 12.0. The highest BCUT2D eigenvalue weighted by Gasteiger charge is 2.40. The second-order valence-electron chi connectivity index (χ2n) is 3.94. The lowest BCUT2D eigenvalue weighted by molar-refractivity contribution is -0.145. The maximum Gasteiger partial charge on any atom is 0.316 e. The third-order valence-electron chi connectivity index (χ3n) is 2.99. The number of carboxylic acids is 1. The molecule has 0 aliphatic carbocycles. The van der Waals surface area contributed by atoms with Crippen LogP contribution in [0.15, 0.2) is 29.2 Å². The minimum Gasteiger partial charge on any atom is -0.481 e. The van der Waals surface area contributed by atoms with Crippen LogP contribution >= 0.6 is 11.8 Å². The number of hydrogen-bond donors (Lipinski definition) is 2. The summed E-state index contributed by atoms with van der Waals surface area (Å²) in [6.45, 7) is 0.397. The van der Waals surface area contributed by atoms with Gasteiger partial charge in [0.1, 0.15) is 5.92 Å². The Morgan fingerprint density at radius 3 is 2.59 bits per heavy atom. The Morgan fingerprint density at radius 2 is 2.06 bits per heavy atom. The Morgan fingerprint density at radius 1 is 1.41 bits per heavy atom. The van der Waals surface area contributed by atoms with Crippen molar-refractivity contribution in [1.29, 1.82) is 0 Å². The van der Waals surface area contributed by atoms with E-state index < -0.39 is 17.8 Å². The van der Waals surface area contributed by atoms with E-state index in [2.05, 4.69) is 5.32 Å². The third kappa shape index (κ3) is 2.29. The largest absolute Gasteiger partial charge is 0.481 e. The average molecular weight is 251 g/mol. The molecule has 1 saturated heterocycles. The van der Waals surface area contributed by atoms with Crippen molar-refractivity contribution in [2.45, 2.75) is 10.8 Å². The van der Waals surface area contributed by atoms with Crippen molar-refractivity contribution in [3.05, 3.63) is 29.8 Å². The van der Waals surface area contributed by atoms with Gasteiger partial charge in [-0.3, -0.25) is 9.59 Å². The summed E-state index contributed by atoms with van der Waals surface area (Å²) in [7, 11) is 0. The molecule has 4 nitrogen and oxygen atoms in total. The number of aliphatic carboxylic acids is 1. The minimum atomic E-state index is -1.06. The van der Waals surface area contributed by atoms with E-state index in [4.69, 9.17) is 5.11 Å². The van der Waals surface area contributed by atoms with E-state index in [0.29, 0.717) is 6.54 Å². The summed E-state index contributed by atoms with van der Waals surface area (Å²) in [6, 6.07) is 7.68. The molecule has 5 heteroatoms. The Balaban J connectivity index is 2.26. The monoisotopic (exact) mass is 251 g/mol. The normalized spacial score (nSPS) is 23.5. The van der Waals surface area contributed by atoms with Crippen molar-refractivity contribution in [3.63, 3.8) is 0 Å². The second-order valence-corrected chi connectivity index (χ2v) is 4.82. The molecule has 2 rings (SSSR count). The molecule has 1 heterocycles. The molecular formula is C12H13NO3S. The summed E-state index contributed by atoms with van der Waals surface area (Å²) in [4.78, 5) is 23.6. The Kier molecular flexibility index (Phi) is 3.38. The van der Waals surface area contributed by atoms with Crippen LogP contribution in [-0.4, -0.2) is 29.8 Å². The van der Waals surface area contributed by atoms with Gasteiger partial charge in [0.15, 0.2) is 0 Å². The van der Waals surface area contributed by atoms with Crippen molar-refractivity contribution in [2.24, 2.45) is 5.92 Å². The minimum absolute atomic E-state index is 0.268. The summed E-state index contributed by atoms with van der Waals surface area (Å²) in [5, 5.41) is 11.7. The molecule has 0 spiro atoms. The number of carboxylic acid groups (broad SMARTS) is 1. The van der Waals surface area contributed by atoms with E-state index in [0.717, 1.165) is 10.5 Å². The van der Waals surface area contributed by atoms with Crippen LogP contribution in [0, 0.1) is 5.92 Å². The van der Waals surface area contributed by atoms with E-state index in [1.165, 1.54) is 0 Å². The molecule has 1 amide bonds. The van der Waals surface area contributed by atoms with Crippen LogP contribution in [0.1, 0.15) is 11.5 Å². The molecule has 1 fully saturated rings. The summed E-state index contributed by atoms with van der Waals surface area (Å²) >= 11 is 1.63. The predicted molar refractivity (Wildman–Crippen MR) is 65.1 cm³/mol. The molecule has 1 aliphatic heterocycles. The zero-order chi connectivity index (χ0) is 12.4. The van der Waals surface area contributed by atoms with Crippen LogP contribution in [-0.2, 0) is 9.59 Å². The van der Waals surface area contributed by atoms with E-state index in [9.17, 15) is 9.59 Å².